The lowest BCUT2D eigenvalue weighted by Crippen LogP contribution is -2.43. The van der Waals surface area contributed by atoms with Gasteiger partial charge < -0.3 is 9.53 Å². The molecule has 1 aromatic heterocycles. The second-order valence-electron chi connectivity index (χ2n) is 8.89. The summed E-state index contributed by atoms with van der Waals surface area (Å²) in [5.41, 5.74) is 3.51. The molecule has 0 atom stereocenters. The average molecular weight is 459 g/mol. The van der Waals surface area contributed by atoms with Gasteiger partial charge in [-0.05, 0) is 70.5 Å². The zero-order valence-corrected chi connectivity index (χ0v) is 20.5. The van der Waals surface area contributed by atoms with Crippen molar-refractivity contribution in [2.45, 2.75) is 45.3 Å². The quantitative estimate of drug-likeness (QED) is 0.384. The molecule has 158 valence electrons. The lowest BCUT2D eigenvalue weighted by atomic mass is 9.98. The van der Waals surface area contributed by atoms with Gasteiger partial charge in [-0.25, -0.2) is 0 Å². The van der Waals surface area contributed by atoms with Gasteiger partial charge in [0.2, 0.25) is 8.32 Å². The van der Waals surface area contributed by atoms with Crippen LogP contribution in [0, 0.1) is 0 Å². The van der Waals surface area contributed by atoms with Gasteiger partial charge in [-0.1, -0.05) is 50.6 Å². The molecule has 0 aliphatic heterocycles. The number of aliphatic carboxylic acids is 1. The fraction of sp³-hybridized carbons (Fsp3) is 0.292. The Balaban J connectivity index is 1.98. The van der Waals surface area contributed by atoms with E-state index in [9.17, 15) is 9.90 Å². The molecule has 1 heterocycles. The van der Waals surface area contributed by atoms with Gasteiger partial charge in [0.1, 0.15) is 5.75 Å². The van der Waals surface area contributed by atoms with Crippen LogP contribution in [-0.4, -0.2) is 19.4 Å². The molecule has 0 radical (unpaired) electrons. The second-order valence-corrected chi connectivity index (χ2v) is 14.9. The molecular weight excluding hydrogens is 432 g/mol. The molecule has 3 rings (SSSR count). The molecule has 0 amide bonds. The fourth-order valence-electron chi connectivity index (χ4n) is 2.98. The topological polar surface area (TPSA) is 46.5 Å². The number of hydrogen-bond donors (Lipinski definition) is 1. The van der Waals surface area contributed by atoms with Crippen molar-refractivity contribution in [2.75, 3.05) is 0 Å². The van der Waals surface area contributed by atoms with Crippen LogP contribution in [0.3, 0.4) is 0 Å². The van der Waals surface area contributed by atoms with Crippen molar-refractivity contribution in [1.29, 1.82) is 0 Å². The largest absolute Gasteiger partial charge is 0.544 e. The maximum atomic E-state index is 11.6. The van der Waals surface area contributed by atoms with E-state index in [0.717, 1.165) is 32.9 Å². The Hall–Kier alpha value is -2.08. The highest BCUT2D eigenvalue weighted by Gasteiger charge is 2.38. The summed E-state index contributed by atoms with van der Waals surface area (Å²) in [6.45, 7) is 11.1. The third-order valence-electron chi connectivity index (χ3n) is 5.68. The van der Waals surface area contributed by atoms with Crippen molar-refractivity contribution in [2.24, 2.45) is 0 Å². The minimum absolute atomic E-state index is 0.0540. The van der Waals surface area contributed by atoms with E-state index in [4.69, 9.17) is 16.0 Å². The minimum atomic E-state index is -1.91. The van der Waals surface area contributed by atoms with Crippen molar-refractivity contribution in [3.8, 4) is 27.3 Å². The Labute approximate surface area is 188 Å². The van der Waals surface area contributed by atoms with Gasteiger partial charge in [-0.3, -0.25) is 4.79 Å². The molecule has 2 aromatic carbocycles. The predicted molar refractivity (Wildman–Crippen MR) is 129 cm³/mol. The average Bonchev–Trinajstić information content (AvgIpc) is 3.04. The third-order valence-corrected chi connectivity index (χ3v) is 11.4. The van der Waals surface area contributed by atoms with Crippen LogP contribution >= 0.6 is 22.9 Å². The van der Waals surface area contributed by atoms with Gasteiger partial charge in [-0.2, -0.15) is 0 Å². The number of halogens is 1. The highest BCUT2D eigenvalue weighted by Crippen LogP contribution is 2.42. The van der Waals surface area contributed by atoms with Crippen molar-refractivity contribution in [3.63, 3.8) is 0 Å². The van der Waals surface area contributed by atoms with Crippen molar-refractivity contribution < 1.29 is 14.3 Å². The summed E-state index contributed by atoms with van der Waals surface area (Å²) >= 11 is 7.93. The normalized spacial score (nSPS) is 12.1. The lowest BCUT2D eigenvalue weighted by Gasteiger charge is -2.36. The highest BCUT2D eigenvalue weighted by atomic mass is 35.5. The van der Waals surface area contributed by atoms with Gasteiger partial charge >= 0.3 is 5.97 Å². The molecule has 0 bridgehead atoms. The summed E-state index contributed by atoms with van der Waals surface area (Å²) in [4.78, 5) is 12.5. The van der Waals surface area contributed by atoms with Crippen LogP contribution in [0.5, 0.6) is 5.75 Å². The van der Waals surface area contributed by atoms with Crippen LogP contribution in [0.15, 0.2) is 53.9 Å². The van der Waals surface area contributed by atoms with Crippen LogP contribution in [-0.2, 0) is 11.2 Å². The molecule has 0 saturated heterocycles. The monoisotopic (exact) mass is 458 g/mol. The zero-order valence-electron chi connectivity index (χ0n) is 18.0. The van der Waals surface area contributed by atoms with Crippen LogP contribution in [0.4, 0.5) is 0 Å². The number of carboxylic acid groups (broad SMARTS) is 1. The van der Waals surface area contributed by atoms with Crippen molar-refractivity contribution >= 4 is 37.2 Å². The highest BCUT2D eigenvalue weighted by molar-refractivity contribution is 7.14. The molecule has 0 saturated carbocycles. The summed E-state index contributed by atoms with van der Waals surface area (Å²) in [6, 6.07) is 15.5. The molecule has 6 heteroatoms. The number of rotatable bonds is 6. The molecule has 0 aliphatic rings. The summed E-state index contributed by atoms with van der Waals surface area (Å²) in [5, 5.41) is 12.2. The van der Waals surface area contributed by atoms with Gasteiger partial charge in [0, 0.05) is 15.5 Å². The Morgan fingerprint density at radius 1 is 1.07 bits per heavy atom. The first-order valence-corrected chi connectivity index (χ1v) is 14.0. The van der Waals surface area contributed by atoms with Gasteiger partial charge in [0.05, 0.1) is 6.42 Å². The molecule has 30 heavy (non-hydrogen) atoms. The SMILES string of the molecule is CC(C)(C)[Si](C)(C)Oc1ccc(-c2scc(-c3ccccc3Cl)c2CC(=O)O)cc1. The van der Waals surface area contributed by atoms with E-state index in [-0.39, 0.29) is 11.5 Å². The Morgan fingerprint density at radius 3 is 2.27 bits per heavy atom. The predicted octanol–water partition coefficient (Wildman–Crippen LogP) is 7.75. The van der Waals surface area contributed by atoms with Crippen LogP contribution in [0.1, 0.15) is 26.3 Å². The first kappa shape index (κ1) is 22.6. The van der Waals surface area contributed by atoms with E-state index in [1.165, 1.54) is 0 Å². The molecule has 0 unspecified atom stereocenters. The van der Waals surface area contributed by atoms with Crippen molar-refractivity contribution in [1.82, 2.24) is 0 Å². The van der Waals surface area contributed by atoms with Gasteiger partial charge in [0.25, 0.3) is 0 Å². The maximum Gasteiger partial charge on any atom is 0.307 e. The van der Waals surface area contributed by atoms with E-state index in [0.29, 0.717) is 5.02 Å². The molecular formula is C24H27ClO3SSi. The standard InChI is InChI=1S/C24H27ClO3SSi/c1-24(2,3)30(4,5)28-17-12-10-16(11-13-17)23-19(14-22(26)27)20(15-29-23)18-8-6-7-9-21(18)25/h6-13,15H,14H2,1-5H3,(H,26,27). The molecule has 0 aliphatic carbocycles. The van der Waals surface area contributed by atoms with Gasteiger partial charge in [0.15, 0.2) is 0 Å². The molecule has 0 fully saturated rings. The van der Waals surface area contributed by atoms with E-state index in [1.54, 1.807) is 11.3 Å². The fourth-order valence-corrected chi connectivity index (χ4v) is 5.35. The maximum absolute atomic E-state index is 11.6. The summed E-state index contributed by atoms with van der Waals surface area (Å²) in [7, 11) is -1.91. The summed E-state index contributed by atoms with van der Waals surface area (Å²) in [5.74, 6) is -0.00570. The Morgan fingerprint density at radius 2 is 1.70 bits per heavy atom. The van der Waals surface area contributed by atoms with E-state index in [1.807, 2.05) is 53.9 Å². The third kappa shape index (κ3) is 4.80. The van der Waals surface area contributed by atoms with E-state index in [2.05, 4.69) is 33.9 Å². The Kier molecular flexibility index (Phi) is 6.46. The summed E-state index contributed by atoms with van der Waals surface area (Å²) in [6.07, 6.45) is -0.0540. The van der Waals surface area contributed by atoms with Crippen LogP contribution < -0.4 is 4.43 Å². The number of hydrogen-bond acceptors (Lipinski definition) is 3. The molecule has 3 nitrogen and oxygen atoms in total. The number of carboxylic acids is 1. The first-order chi connectivity index (χ1) is 14.0. The smallest absolute Gasteiger partial charge is 0.307 e. The number of thiophene rings is 1. The first-order valence-electron chi connectivity index (χ1n) is 9.86. The Bertz CT molecular complexity index is 1050. The van der Waals surface area contributed by atoms with E-state index >= 15 is 0 Å². The van der Waals surface area contributed by atoms with Gasteiger partial charge in [-0.15, -0.1) is 11.3 Å². The number of carbonyl (C=O) groups is 1. The summed E-state index contributed by atoms with van der Waals surface area (Å²) < 4.78 is 6.37. The zero-order chi connectivity index (χ0) is 22.1. The van der Waals surface area contributed by atoms with Crippen LogP contribution in [0.2, 0.25) is 23.2 Å². The second kappa shape index (κ2) is 8.58. The van der Waals surface area contributed by atoms with E-state index < -0.39 is 14.3 Å². The minimum Gasteiger partial charge on any atom is -0.544 e. The lowest BCUT2D eigenvalue weighted by molar-refractivity contribution is -0.136. The molecule has 3 aromatic rings. The van der Waals surface area contributed by atoms with Crippen LogP contribution in [0.25, 0.3) is 21.6 Å². The molecule has 1 N–H and O–H groups in total. The molecule has 0 spiro atoms. The number of benzene rings is 2. The van der Waals surface area contributed by atoms with Crippen molar-refractivity contribution in [3.05, 3.63) is 64.5 Å².